The molecule has 0 aliphatic carbocycles. The van der Waals surface area contributed by atoms with E-state index in [1.54, 1.807) is 25.1 Å². The van der Waals surface area contributed by atoms with Gasteiger partial charge in [-0.3, -0.25) is 4.79 Å². The van der Waals surface area contributed by atoms with Gasteiger partial charge in [-0.25, -0.2) is 0 Å². The van der Waals surface area contributed by atoms with Crippen molar-refractivity contribution < 1.29 is 9.53 Å². The molecule has 0 bridgehead atoms. The second-order valence-electron chi connectivity index (χ2n) is 4.80. The fourth-order valence-electron chi connectivity index (χ4n) is 1.74. The Bertz CT molecular complexity index is 641. The van der Waals surface area contributed by atoms with Gasteiger partial charge in [-0.2, -0.15) is 0 Å². The molecule has 0 saturated heterocycles. The number of carbonyl (C=O) groups excluding carboxylic acids is 1. The van der Waals surface area contributed by atoms with Gasteiger partial charge in [-0.05, 0) is 44.2 Å². The molecule has 21 heavy (non-hydrogen) atoms. The molecular weight excluding hydrogens is 288 g/mol. The quantitative estimate of drug-likeness (QED) is 0.848. The van der Waals surface area contributed by atoms with Crippen molar-refractivity contribution in [3.05, 3.63) is 53.1 Å². The number of halogens is 1. The predicted molar refractivity (Wildman–Crippen MR) is 85.8 cm³/mol. The molecule has 5 heteroatoms. The Hall–Kier alpha value is -2.20. The molecule has 1 atom stereocenters. The Morgan fingerprint density at radius 3 is 2.52 bits per heavy atom. The molecule has 3 N–H and O–H groups in total. The largest absolute Gasteiger partial charge is 0.481 e. The molecule has 0 aromatic heterocycles. The van der Waals surface area contributed by atoms with Gasteiger partial charge in [-0.15, -0.1) is 0 Å². The molecule has 110 valence electrons. The first-order valence-electron chi connectivity index (χ1n) is 6.55. The van der Waals surface area contributed by atoms with E-state index >= 15 is 0 Å². The summed E-state index contributed by atoms with van der Waals surface area (Å²) in [6.45, 7) is 3.68. The Morgan fingerprint density at radius 2 is 1.90 bits per heavy atom. The van der Waals surface area contributed by atoms with Crippen LogP contribution in [0, 0.1) is 6.92 Å². The van der Waals surface area contributed by atoms with Crippen molar-refractivity contribution in [3.63, 3.8) is 0 Å². The molecule has 0 saturated carbocycles. The molecule has 1 amide bonds. The maximum Gasteiger partial charge on any atom is 0.265 e. The van der Waals surface area contributed by atoms with Crippen molar-refractivity contribution in [1.82, 2.24) is 0 Å². The highest BCUT2D eigenvalue weighted by molar-refractivity contribution is 6.33. The number of rotatable bonds is 4. The molecule has 0 unspecified atom stereocenters. The zero-order chi connectivity index (χ0) is 15.4. The van der Waals surface area contributed by atoms with E-state index in [-0.39, 0.29) is 5.91 Å². The van der Waals surface area contributed by atoms with Crippen LogP contribution in [-0.4, -0.2) is 12.0 Å². The lowest BCUT2D eigenvalue weighted by Gasteiger charge is -2.15. The lowest BCUT2D eigenvalue weighted by molar-refractivity contribution is -0.122. The fraction of sp³-hybridized carbons (Fsp3) is 0.188. The van der Waals surface area contributed by atoms with E-state index in [0.717, 1.165) is 5.56 Å². The van der Waals surface area contributed by atoms with Crippen LogP contribution >= 0.6 is 11.6 Å². The summed E-state index contributed by atoms with van der Waals surface area (Å²) in [5, 5.41) is 3.19. The lowest BCUT2D eigenvalue weighted by atomic mass is 10.2. The van der Waals surface area contributed by atoms with Crippen LogP contribution in [-0.2, 0) is 4.79 Å². The molecule has 4 nitrogen and oxygen atoms in total. The number of nitrogen functional groups attached to an aromatic ring is 1. The Labute approximate surface area is 128 Å². The first kappa shape index (κ1) is 15.2. The van der Waals surface area contributed by atoms with E-state index in [1.807, 2.05) is 31.2 Å². The van der Waals surface area contributed by atoms with Crippen LogP contribution in [0.2, 0.25) is 5.02 Å². The van der Waals surface area contributed by atoms with Crippen LogP contribution in [0.5, 0.6) is 5.75 Å². The van der Waals surface area contributed by atoms with Gasteiger partial charge in [0.25, 0.3) is 5.91 Å². The van der Waals surface area contributed by atoms with Crippen LogP contribution in [0.1, 0.15) is 12.5 Å². The second kappa shape index (κ2) is 6.50. The van der Waals surface area contributed by atoms with Crippen LogP contribution < -0.4 is 15.8 Å². The predicted octanol–water partition coefficient (Wildman–Crippen LogP) is 3.64. The van der Waals surface area contributed by atoms with Crippen molar-refractivity contribution in [2.75, 3.05) is 11.1 Å². The topological polar surface area (TPSA) is 64.3 Å². The highest BCUT2D eigenvalue weighted by atomic mass is 35.5. The highest BCUT2D eigenvalue weighted by Gasteiger charge is 2.15. The van der Waals surface area contributed by atoms with Gasteiger partial charge in [0.1, 0.15) is 5.75 Å². The molecule has 0 radical (unpaired) electrons. The summed E-state index contributed by atoms with van der Waals surface area (Å²) in [6.07, 6.45) is -0.621. The zero-order valence-electron chi connectivity index (χ0n) is 11.9. The number of benzene rings is 2. The Kier molecular flexibility index (Phi) is 4.70. The molecule has 2 aromatic carbocycles. The maximum absolute atomic E-state index is 12.1. The van der Waals surface area contributed by atoms with Crippen molar-refractivity contribution >= 4 is 28.9 Å². The Morgan fingerprint density at radius 1 is 1.24 bits per heavy atom. The average molecular weight is 305 g/mol. The lowest BCUT2D eigenvalue weighted by Crippen LogP contribution is -2.30. The number of anilines is 2. The van der Waals surface area contributed by atoms with E-state index < -0.39 is 6.10 Å². The summed E-state index contributed by atoms with van der Waals surface area (Å²) in [5.41, 5.74) is 7.83. The third-order valence-corrected chi connectivity index (χ3v) is 3.31. The molecule has 0 aliphatic rings. The summed E-state index contributed by atoms with van der Waals surface area (Å²) >= 11 is 5.84. The minimum Gasteiger partial charge on any atom is -0.481 e. The number of aryl methyl sites for hydroxylation is 1. The van der Waals surface area contributed by atoms with E-state index in [0.29, 0.717) is 22.1 Å². The highest BCUT2D eigenvalue weighted by Crippen LogP contribution is 2.22. The van der Waals surface area contributed by atoms with Crippen LogP contribution in [0.4, 0.5) is 11.4 Å². The number of ether oxygens (including phenoxy) is 1. The summed E-state index contributed by atoms with van der Waals surface area (Å²) < 4.78 is 5.59. The molecule has 2 rings (SSSR count). The van der Waals surface area contributed by atoms with Gasteiger partial charge in [-0.1, -0.05) is 29.3 Å². The van der Waals surface area contributed by atoms with Gasteiger partial charge in [0.05, 0.1) is 10.7 Å². The van der Waals surface area contributed by atoms with Crippen molar-refractivity contribution in [2.24, 2.45) is 0 Å². The maximum atomic E-state index is 12.1. The average Bonchev–Trinajstić information content (AvgIpc) is 2.45. The van der Waals surface area contributed by atoms with E-state index in [4.69, 9.17) is 22.1 Å². The van der Waals surface area contributed by atoms with Crippen LogP contribution in [0.3, 0.4) is 0 Å². The molecule has 0 spiro atoms. The molecule has 0 heterocycles. The first-order valence-corrected chi connectivity index (χ1v) is 6.92. The SMILES string of the molecule is Cc1ccc(O[C@@H](C)C(=O)Nc2ccc(Cl)c(N)c2)cc1. The van der Waals surface area contributed by atoms with Crippen LogP contribution in [0.25, 0.3) is 0 Å². The molecule has 0 fully saturated rings. The van der Waals surface area contributed by atoms with Crippen molar-refractivity contribution in [3.8, 4) is 5.75 Å². The third-order valence-electron chi connectivity index (χ3n) is 2.97. The standard InChI is InChI=1S/C16H17ClN2O2/c1-10-3-6-13(7-4-10)21-11(2)16(20)19-12-5-8-14(17)15(18)9-12/h3-9,11H,18H2,1-2H3,(H,19,20)/t11-/m0/s1. The minimum atomic E-state index is -0.621. The van der Waals surface area contributed by atoms with E-state index in [9.17, 15) is 4.79 Å². The fourth-order valence-corrected chi connectivity index (χ4v) is 1.86. The summed E-state index contributed by atoms with van der Waals surface area (Å²) in [4.78, 5) is 12.1. The number of amides is 1. The monoisotopic (exact) mass is 304 g/mol. The first-order chi connectivity index (χ1) is 9.95. The van der Waals surface area contributed by atoms with Gasteiger partial charge in [0, 0.05) is 5.69 Å². The molecule has 0 aliphatic heterocycles. The van der Waals surface area contributed by atoms with Crippen LogP contribution in [0.15, 0.2) is 42.5 Å². The number of carbonyl (C=O) groups is 1. The summed E-state index contributed by atoms with van der Waals surface area (Å²) in [5.74, 6) is 0.399. The minimum absolute atomic E-state index is 0.253. The summed E-state index contributed by atoms with van der Waals surface area (Å²) in [7, 11) is 0. The number of hydrogen-bond acceptors (Lipinski definition) is 3. The van der Waals surface area contributed by atoms with Gasteiger partial charge < -0.3 is 15.8 Å². The molecule has 2 aromatic rings. The van der Waals surface area contributed by atoms with Gasteiger partial charge in [0.2, 0.25) is 0 Å². The molecular formula is C16H17ClN2O2. The second-order valence-corrected chi connectivity index (χ2v) is 5.21. The normalized spacial score (nSPS) is 11.8. The number of hydrogen-bond donors (Lipinski definition) is 2. The third kappa shape index (κ3) is 4.13. The van der Waals surface area contributed by atoms with Gasteiger partial charge >= 0.3 is 0 Å². The van der Waals surface area contributed by atoms with Crippen molar-refractivity contribution in [1.29, 1.82) is 0 Å². The number of nitrogens with one attached hydrogen (secondary N) is 1. The van der Waals surface area contributed by atoms with E-state index in [1.165, 1.54) is 0 Å². The smallest absolute Gasteiger partial charge is 0.265 e. The zero-order valence-corrected chi connectivity index (χ0v) is 12.6. The van der Waals surface area contributed by atoms with Gasteiger partial charge in [0.15, 0.2) is 6.10 Å². The van der Waals surface area contributed by atoms with E-state index in [2.05, 4.69) is 5.32 Å². The summed E-state index contributed by atoms with van der Waals surface area (Å²) in [6, 6.07) is 12.5. The Balaban J connectivity index is 1.98. The number of nitrogens with two attached hydrogens (primary N) is 1. The van der Waals surface area contributed by atoms with Crippen molar-refractivity contribution in [2.45, 2.75) is 20.0 Å².